The predicted molar refractivity (Wildman–Crippen MR) is 83.5 cm³/mol. The number of benzene rings is 1. The molecule has 0 saturated carbocycles. The lowest BCUT2D eigenvalue weighted by molar-refractivity contribution is 0.394. The van der Waals surface area contributed by atoms with Gasteiger partial charge in [0.25, 0.3) is 0 Å². The van der Waals surface area contributed by atoms with Crippen LogP contribution in [0.15, 0.2) is 24.4 Å². The third-order valence-electron chi connectivity index (χ3n) is 2.91. The fourth-order valence-electron chi connectivity index (χ4n) is 1.84. The molecule has 0 saturated heterocycles. The van der Waals surface area contributed by atoms with Gasteiger partial charge in [-0.25, -0.2) is 9.97 Å². The number of ether oxygens (including phenoxy) is 2. The number of nitrogens with one attached hydrogen (secondary N) is 2. The van der Waals surface area contributed by atoms with Crippen LogP contribution >= 0.6 is 11.6 Å². The van der Waals surface area contributed by atoms with E-state index in [1.807, 2.05) is 18.2 Å². The molecular weight excluding hydrogens is 292 g/mol. The van der Waals surface area contributed by atoms with Gasteiger partial charge >= 0.3 is 0 Å². The van der Waals surface area contributed by atoms with Crippen LogP contribution < -0.4 is 20.1 Å². The molecule has 2 rings (SSSR count). The highest BCUT2D eigenvalue weighted by molar-refractivity contribution is 6.28. The van der Waals surface area contributed by atoms with Gasteiger partial charge in [-0.3, -0.25) is 0 Å². The lowest BCUT2D eigenvalue weighted by Gasteiger charge is -2.12. The maximum Gasteiger partial charge on any atom is 0.224 e. The number of anilines is 2. The Morgan fingerprint density at radius 2 is 1.81 bits per heavy atom. The maximum atomic E-state index is 5.78. The number of aromatic nitrogens is 2. The van der Waals surface area contributed by atoms with Gasteiger partial charge in [0.15, 0.2) is 0 Å². The van der Waals surface area contributed by atoms with Gasteiger partial charge in [-0.1, -0.05) is 0 Å². The summed E-state index contributed by atoms with van der Waals surface area (Å²) in [7, 11) is 5.02. The Kier molecular flexibility index (Phi) is 5.05. The van der Waals surface area contributed by atoms with Crippen molar-refractivity contribution in [2.45, 2.75) is 6.54 Å². The summed E-state index contributed by atoms with van der Waals surface area (Å²) in [4.78, 5) is 8.12. The monoisotopic (exact) mass is 308 g/mol. The Hall–Kier alpha value is -2.21. The van der Waals surface area contributed by atoms with Crippen LogP contribution in [0.25, 0.3) is 0 Å². The number of hydrogen-bond donors (Lipinski definition) is 2. The van der Waals surface area contributed by atoms with E-state index in [0.717, 1.165) is 22.7 Å². The van der Waals surface area contributed by atoms with Crippen LogP contribution in [0.5, 0.6) is 11.5 Å². The molecule has 21 heavy (non-hydrogen) atoms. The third-order valence-corrected chi connectivity index (χ3v) is 3.09. The first-order valence-corrected chi connectivity index (χ1v) is 6.70. The highest BCUT2D eigenvalue weighted by Crippen LogP contribution is 2.26. The molecule has 0 fully saturated rings. The first kappa shape index (κ1) is 15.2. The van der Waals surface area contributed by atoms with Crippen molar-refractivity contribution in [2.24, 2.45) is 0 Å². The summed E-state index contributed by atoms with van der Waals surface area (Å²) >= 11 is 5.78. The Balaban J connectivity index is 2.16. The second-order valence-corrected chi connectivity index (χ2v) is 4.56. The predicted octanol–water partition coefficient (Wildman–Crippen LogP) is 2.80. The zero-order valence-electron chi connectivity index (χ0n) is 12.1. The molecule has 1 aromatic heterocycles. The molecule has 1 heterocycles. The smallest absolute Gasteiger partial charge is 0.224 e. The molecule has 0 bridgehead atoms. The Morgan fingerprint density at radius 1 is 1.14 bits per heavy atom. The van der Waals surface area contributed by atoms with Crippen molar-refractivity contribution in [1.29, 1.82) is 0 Å². The third kappa shape index (κ3) is 3.88. The van der Waals surface area contributed by atoms with E-state index in [1.165, 1.54) is 0 Å². The van der Waals surface area contributed by atoms with Gasteiger partial charge in [-0.05, 0) is 11.6 Å². The molecule has 0 aliphatic heterocycles. The Morgan fingerprint density at radius 3 is 2.38 bits per heavy atom. The van der Waals surface area contributed by atoms with Gasteiger partial charge in [0.2, 0.25) is 5.28 Å². The number of methoxy groups -OCH3 is 2. The van der Waals surface area contributed by atoms with Crippen LogP contribution in [0, 0.1) is 0 Å². The van der Waals surface area contributed by atoms with E-state index in [4.69, 9.17) is 21.1 Å². The average molecular weight is 309 g/mol. The summed E-state index contributed by atoms with van der Waals surface area (Å²) in [5.41, 5.74) is 1.78. The van der Waals surface area contributed by atoms with E-state index in [-0.39, 0.29) is 5.28 Å². The molecule has 0 unspecified atom stereocenters. The fourth-order valence-corrected chi connectivity index (χ4v) is 1.97. The molecule has 6 nitrogen and oxygen atoms in total. The van der Waals surface area contributed by atoms with Crippen LogP contribution in [-0.2, 0) is 6.54 Å². The molecule has 0 atom stereocenters. The lowest BCUT2D eigenvalue weighted by atomic mass is 10.2. The van der Waals surface area contributed by atoms with Gasteiger partial charge < -0.3 is 20.1 Å². The molecule has 0 amide bonds. The molecule has 1 aromatic carbocycles. The molecule has 0 spiro atoms. The van der Waals surface area contributed by atoms with Crippen molar-refractivity contribution in [2.75, 3.05) is 31.9 Å². The first-order valence-electron chi connectivity index (χ1n) is 6.32. The molecule has 0 aliphatic carbocycles. The quantitative estimate of drug-likeness (QED) is 0.800. The minimum Gasteiger partial charge on any atom is -0.497 e. The number of hydrogen-bond acceptors (Lipinski definition) is 6. The van der Waals surface area contributed by atoms with E-state index >= 15 is 0 Å². The first-order chi connectivity index (χ1) is 10.2. The number of halogens is 1. The van der Waals surface area contributed by atoms with Gasteiger partial charge in [0, 0.05) is 49.2 Å². The second-order valence-electron chi connectivity index (χ2n) is 4.22. The fraction of sp³-hybridized carbons (Fsp3) is 0.286. The molecule has 2 aromatic rings. The highest BCUT2D eigenvalue weighted by atomic mass is 35.5. The SMILES string of the molecule is CNc1nc(Cl)ncc1CNc1cc(OC)cc(OC)c1. The highest BCUT2D eigenvalue weighted by Gasteiger charge is 2.06. The van der Waals surface area contributed by atoms with Crippen molar-refractivity contribution >= 4 is 23.1 Å². The van der Waals surface area contributed by atoms with E-state index in [2.05, 4.69) is 20.6 Å². The van der Waals surface area contributed by atoms with Crippen molar-refractivity contribution in [1.82, 2.24) is 9.97 Å². The summed E-state index contributed by atoms with van der Waals surface area (Å²) in [6, 6.07) is 5.59. The van der Waals surface area contributed by atoms with Crippen molar-refractivity contribution < 1.29 is 9.47 Å². The van der Waals surface area contributed by atoms with Crippen molar-refractivity contribution in [3.63, 3.8) is 0 Å². The summed E-state index contributed by atoms with van der Waals surface area (Å²) < 4.78 is 10.5. The van der Waals surface area contributed by atoms with Gasteiger partial charge in [-0.2, -0.15) is 0 Å². The zero-order chi connectivity index (χ0) is 15.2. The lowest BCUT2D eigenvalue weighted by Crippen LogP contribution is -2.06. The second kappa shape index (κ2) is 6.99. The summed E-state index contributed by atoms with van der Waals surface area (Å²) in [6.45, 7) is 0.545. The molecule has 0 aliphatic rings. The van der Waals surface area contributed by atoms with E-state index in [9.17, 15) is 0 Å². The summed E-state index contributed by atoms with van der Waals surface area (Å²) in [5.74, 6) is 2.13. The van der Waals surface area contributed by atoms with Crippen LogP contribution in [0.1, 0.15) is 5.56 Å². The van der Waals surface area contributed by atoms with Crippen LogP contribution in [0.4, 0.5) is 11.5 Å². The summed E-state index contributed by atoms with van der Waals surface area (Å²) in [6.07, 6.45) is 1.69. The number of rotatable bonds is 6. The average Bonchev–Trinajstić information content (AvgIpc) is 2.53. The largest absolute Gasteiger partial charge is 0.497 e. The van der Waals surface area contributed by atoms with Gasteiger partial charge in [0.1, 0.15) is 17.3 Å². The number of nitrogens with zero attached hydrogens (tertiary/aromatic N) is 2. The van der Waals surface area contributed by atoms with E-state index in [0.29, 0.717) is 12.4 Å². The molecular formula is C14H17ClN4O2. The Bertz CT molecular complexity index is 600. The normalized spacial score (nSPS) is 10.1. The summed E-state index contributed by atoms with van der Waals surface area (Å²) in [5, 5.41) is 6.49. The molecule has 112 valence electrons. The zero-order valence-corrected chi connectivity index (χ0v) is 12.9. The standard InChI is InChI=1S/C14H17ClN4O2/c1-16-13-9(8-18-14(15)19-13)7-17-10-4-11(20-2)6-12(5-10)21-3/h4-6,8,17H,7H2,1-3H3,(H,16,18,19). The van der Waals surface area contributed by atoms with Crippen LogP contribution in [0.2, 0.25) is 5.28 Å². The molecule has 7 heteroatoms. The van der Waals surface area contributed by atoms with E-state index < -0.39 is 0 Å². The van der Waals surface area contributed by atoms with Crippen molar-refractivity contribution in [3.8, 4) is 11.5 Å². The Labute approximate surface area is 128 Å². The van der Waals surface area contributed by atoms with Gasteiger partial charge in [0.05, 0.1) is 14.2 Å². The van der Waals surface area contributed by atoms with Gasteiger partial charge in [-0.15, -0.1) is 0 Å². The van der Waals surface area contributed by atoms with E-state index in [1.54, 1.807) is 27.5 Å². The minimum atomic E-state index is 0.214. The van der Waals surface area contributed by atoms with Crippen LogP contribution in [-0.4, -0.2) is 31.2 Å². The minimum absolute atomic E-state index is 0.214. The molecule has 2 N–H and O–H groups in total. The topological polar surface area (TPSA) is 68.3 Å². The maximum absolute atomic E-state index is 5.78. The van der Waals surface area contributed by atoms with Crippen molar-refractivity contribution in [3.05, 3.63) is 35.2 Å². The van der Waals surface area contributed by atoms with Crippen LogP contribution in [0.3, 0.4) is 0 Å². The molecule has 0 radical (unpaired) electrons.